The molecule has 0 aromatic heterocycles. The van der Waals surface area contributed by atoms with E-state index in [2.05, 4.69) is 29.4 Å². The van der Waals surface area contributed by atoms with Gasteiger partial charge < -0.3 is 25.2 Å². The summed E-state index contributed by atoms with van der Waals surface area (Å²) in [5.41, 5.74) is 0.474. The fraction of sp³-hybridized carbons (Fsp3) is 0.667. The van der Waals surface area contributed by atoms with Gasteiger partial charge in [0.1, 0.15) is 11.8 Å². The minimum Gasteiger partial charge on any atom is -0.494 e. The average molecular weight is 489 g/mol. The molecule has 1 unspecified atom stereocenters. The number of nitrogens with zero attached hydrogens (tertiary/aromatic N) is 2. The molecule has 8 heteroatoms. The van der Waals surface area contributed by atoms with Crippen molar-refractivity contribution in [1.82, 2.24) is 20.4 Å². The van der Waals surface area contributed by atoms with E-state index in [1.54, 1.807) is 29.2 Å². The molecule has 1 fully saturated rings. The number of hydrogen-bond acceptors (Lipinski definition) is 5. The number of ether oxygens (including phenoxy) is 1. The summed E-state index contributed by atoms with van der Waals surface area (Å²) in [6.45, 7) is 13.1. The highest BCUT2D eigenvalue weighted by molar-refractivity contribution is 5.97. The lowest BCUT2D eigenvalue weighted by Gasteiger charge is -2.35. The van der Waals surface area contributed by atoms with E-state index in [4.69, 9.17) is 4.74 Å². The molecule has 1 atom stereocenters. The van der Waals surface area contributed by atoms with Crippen LogP contribution in [0.15, 0.2) is 24.3 Å². The lowest BCUT2D eigenvalue weighted by atomic mass is 9.91. The molecule has 196 valence electrons. The van der Waals surface area contributed by atoms with Crippen LogP contribution in [0.2, 0.25) is 0 Å². The van der Waals surface area contributed by atoms with Crippen molar-refractivity contribution in [3.8, 4) is 5.75 Å². The number of likely N-dealkylation sites (tertiary alicyclic amines) is 1. The van der Waals surface area contributed by atoms with Gasteiger partial charge in [0.25, 0.3) is 5.91 Å². The van der Waals surface area contributed by atoms with Crippen molar-refractivity contribution >= 4 is 17.7 Å². The van der Waals surface area contributed by atoms with E-state index >= 15 is 0 Å². The molecule has 1 heterocycles. The van der Waals surface area contributed by atoms with Gasteiger partial charge in [0.05, 0.1) is 6.61 Å². The van der Waals surface area contributed by atoms with E-state index in [-0.39, 0.29) is 35.0 Å². The Balaban J connectivity index is 1.90. The number of nitrogens with one attached hydrogen (secondary N) is 2. The molecule has 0 radical (unpaired) electrons. The summed E-state index contributed by atoms with van der Waals surface area (Å²) < 4.78 is 5.43. The van der Waals surface area contributed by atoms with Gasteiger partial charge in [0.2, 0.25) is 11.8 Å². The Morgan fingerprint density at radius 1 is 1.11 bits per heavy atom. The predicted molar refractivity (Wildman–Crippen MR) is 138 cm³/mol. The van der Waals surface area contributed by atoms with Crippen molar-refractivity contribution in [3.63, 3.8) is 0 Å². The van der Waals surface area contributed by atoms with Crippen LogP contribution >= 0.6 is 0 Å². The number of carbonyl (C=O) groups excluding carboxylic acids is 3. The Labute approximate surface area is 210 Å². The van der Waals surface area contributed by atoms with Gasteiger partial charge in [0, 0.05) is 37.7 Å². The van der Waals surface area contributed by atoms with Crippen LogP contribution in [0.25, 0.3) is 0 Å². The highest BCUT2D eigenvalue weighted by Crippen LogP contribution is 2.21. The highest BCUT2D eigenvalue weighted by atomic mass is 16.5. The SMILES string of the molecule is CCOc1ccc(C(=O)NC(C(=O)N2CCC(C(=O)NCC(C)(C)CN(C)C)CC2)C(C)C)cc1. The molecule has 0 spiro atoms. The molecular weight excluding hydrogens is 444 g/mol. The Morgan fingerprint density at radius 3 is 2.23 bits per heavy atom. The highest BCUT2D eigenvalue weighted by Gasteiger charge is 2.33. The van der Waals surface area contributed by atoms with Crippen LogP contribution in [-0.4, -0.2) is 80.4 Å². The van der Waals surface area contributed by atoms with Gasteiger partial charge in [-0.1, -0.05) is 27.7 Å². The Hall–Kier alpha value is -2.61. The minimum absolute atomic E-state index is 0.0120. The molecular formula is C27H44N4O4. The van der Waals surface area contributed by atoms with E-state index in [0.29, 0.717) is 50.4 Å². The quantitative estimate of drug-likeness (QED) is 0.500. The van der Waals surface area contributed by atoms with Crippen molar-refractivity contribution in [1.29, 1.82) is 0 Å². The lowest BCUT2D eigenvalue weighted by molar-refractivity contribution is -0.138. The second-order valence-electron chi connectivity index (χ2n) is 10.9. The second kappa shape index (κ2) is 12.9. The second-order valence-corrected chi connectivity index (χ2v) is 10.9. The average Bonchev–Trinajstić information content (AvgIpc) is 2.80. The van der Waals surface area contributed by atoms with E-state index in [1.807, 2.05) is 34.9 Å². The third-order valence-electron chi connectivity index (χ3n) is 6.31. The van der Waals surface area contributed by atoms with Crippen LogP contribution in [0.3, 0.4) is 0 Å². The predicted octanol–water partition coefficient (Wildman–Crippen LogP) is 2.78. The molecule has 0 bridgehead atoms. The molecule has 2 N–H and O–H groups in total. The first-order valence-electron chi connectivity index (χ1n) is 12.7. The first-order chi connectivity index (χ1) is 16.4. The molecule has 1 saturated heterocycles. The van der Waals surface area contributed by atoms with Crippen molar-refractivity contribution < 1.29 is 19.1 Å². The summed E-state index contributed by atoms with van der Waals surface area (Å²) in [4.78, 5) is 42.7. The van der Waals surface area contributed by atoms with E-state index < -0.39 is 6.04 Å². The molecule has 8 nitrogen and oxygen atoms in total. The first kappa shape index (κ1) is 28.6. The molecule has 3 amide bonds. The van der Waals surface area contributed by atoms with Crippen LogP contribution in [0, 0.1) is 17.3 Å². The fourth-order valence-electron chi connectivity index (χ4n) is 4.55. The van der Waals surface area contributed by atoms with Crippen LogP contribution in [0.1, 0.15) is 57.8 Å². The fourth-order valence-corrected chi connectivity index (χ4v) is 4.55. The third-order valence-corrected chi connectivity index (χ3v) is 6.31. The number of rotatable bonds is 11. The number of piperidine rings is 1. The normalized spacial score (nSPS) is 15.7. The number of carbonyl (C=O) groups is 3. The maximum atomic E-state index is 13.3. The zero-order valence-corrected chi connectivity index (χ0v) is 22.5. The number of hydrogen-bond donors (Lipinski definition) is 2. The summed E-state index contributed by atoms with van der Waals surface area (Å²) >= 11 is 0. The van der Waals surface area contributed by atoms with Crippen LogP contribution in [-0.2, 0) is 9.59 Å². The molecule has 1 aromatic rings. The summed E-state index contributed by atoms with van der Waals surface area (Å²) in [7, 11) is 4.06. The molecule has 1 aliphatic rings. The van der Waals surface area contributed by atoms with Gasteiger partial charge >= 0.3 is 0 Å². The smallest absolute Gasteiger partial charge is 0.251 e. The number of amides is 3. The van der Waals surface area contributed by atoms with Gasteiger partial charge in [-0.15, -0.1) is 0 Å². The van der Waals surface area contributed by atoms with Gasteiger partial charge in [0.15, 0.2) is 0 Å². The van der Waals surface area contributed by atoms with E-state index in [0.717, 1.165) is 6.54 Å². The van der Waals surface area contributed by atoms with Crippen LogP contribution in [0.5, 0.6) is 5.75 Å². The van der Waals surface area contributed by atoms with Crippen molar-refractivity contribution in [2.75, 3.05) is 46.9 Å². The third kappa shape index (κ3) is 8.84. The Morgan fingerprint density at radius 2 is 1.71 bits per heavy atom. The zero-order valence-electron chi connectivity index (χ0n) is 22.5. The number of benzene rings is 1. The standard InChI is InChI=1S/C27H44N4O4/c1-8-35-22-11-9-20(10-12-22)25(33)29-23(19(2)3)26(34)31-15-13-21(14-16-31)24(32)28-17-27(4,5)18-30(6)7/h9-12,19,21,23H,8,13-18H2,1-7H3,(H,28,32)(H,29,33). The summed E-state index contributed by atoms with van der Waals surface area (Å²) in [5, 5.41) is 6.02. The van der Waals surface area contributed by atoms with Crippen molar-refractivity contribution in [2.24, 2.45) is 17.3 Å². The largest absolute Gasteiger partial charge is 0.494 e. The minimum atomic E-state index is -0.619. The summed E-state index contributed by atoms with van der Waals surface area (Å²) in [6, 6.07) is 6.29. The van der Waals surface area contributed by atoms with Crippen molar-refractivity contribution in [3.05, 3.63) is 29.8 Å². The zero-order chi connectivity index (χ0) is 26.2. The lowest BCUT2D eigenvalue weighted by Crippen LogP contribution is -2.54. The van der Waals surface area contributed by atoms with Crippen LogP contribution in [0.4, 0.5) is 0 Å². The maximum absolute atomic E-state index is 13.3. The van der Waals surface area contributed by atoms with Crippen LogP contribution < -0.4 is 15.4 Å². The molecule has 1 aliphatic heterocycles. The molecule has 0 aliphatic carbocycles. The molecule has 1 aromatic carbocycles. The topological polar surface area (TPSA) is 91.0 Å². The monoisotopic (exact) mass is 488 g/mol. The van der Waals surface area contributed by atoms with Gasteiger partial charge in [-0.2, -0.15) is 0 Å². The molecule has 0 saturated carbocycles. The van der Waals surface area contributed by atoms with Gasteiger partial charge in [-0.05, 0) is 69.5 Å². The van der Waals surface area contributed by atoms with Gasteiger partial charge in [-0.25, -0.2) is 0 Å². The Bertz CT molecular complexity index is 843. The Kier molecular flexibility index (Phi) is 10.6. The van der Waals surface area contributed by atoms with E-state index in [9.17, 15) is 14.4 Å². The summed E-state index contributed by atoms with van der Waals surface area (Å²) in [5.74, 6) is 0.237. The maximum Gasteiger partial charge on any atom is 0.251 e. The van der Waals surface area contributed by atoms with Crippen molar-refractivity contribution in [2.45, 2.75) is 53.5 Å². The van der Waals surface area contributed by atoms with E-state index in [1.165, 1.54) is 0 Å². The molecule has 35 heavy (non-hydrogen) atoms. The molecule has 2 rings (SSSR count). The summed E-state index contributed by atoms with van der Waals surface area (Å²) in [6.07, 6.45) is 1.26. The van der Waals surface area contributed by atoms with Gasteiger partial charge in [-0.3, -0.25) is 14.4 Å². The first-order valence-corrected chi connectivity index (χ1v) is 12.7.